The number of ether oxygens (including phenoxy) is 2. The number of hydrogen-bond acceptors (Lipinski definition) is 4. The summed E-state index contributed by atoms with van der Waals surface area (Å²) in [6.07, 6.45) is 0.288. The van der Waals surface area contributed by atoms with E-state index in [0.717, 1.165) is 0 Å². The second kappa shape index (κ2) is 7.65. The highest BCUT2D eigenvalue weighted by Gasteiger charge is 2.11. The molecular formula is C17H16ClNO4. The van der Waals surface area contributed by atoms with Gasteiger partial charge in [0.25, 0.3) is 5.91 Å². The Morgan fingerprint density at radius 2 is 1.83 bits per heavy atom. The molecule has 0 saturated carbocycles. The summed E-state index contributed by atoms with van der Waals surface area (Å²) in [4.78, 5) is 23.5. The molecule has 5 nitrogen and oxygen atoms in total. The van der Waals surface area contributed by atoms with Gasteiger partial charge < -0.3 is 14.8 Å². The van der Waals surface area contributed by atoms with Crippen LogP contribution in [-0.2, 0) is 4.79 Å². The quantitative estimate of drug-likeness (QED) is 0.665. The Labute approximate surface area is 139 Å². The van der Waals surface area contributed by atoms with Crippen molar-refractivity contribution < 1.29 is 19.1 Å². The molecule has 120 valence electrons. The molecule has 2 rings (SSSR count). The second-order valence-corrected chi connectivity index (χ2v) is 5.09. The standard InChI is InChI=1S/C17H16ClNO4/c1-3-16(20)23-13-7-4-11(5-8-13)17(21)19-14-10-12(18)6-9-15(14)22-2/h4-10H,3H2,1-2H3,(H,19,21). The Morgan fingerprint density at radius 3 is 2.43 bits per heavy atom. The average Bonchev–Trinajstić information content (AvgIpc) is 2.55. The van der Waals surface area contributed by atoms with Gasteiger partial charge in [0.15, 0.2) is 0 Å². The van der Waals surface area contributed by atoms with Crippen molar-refractivity contribution in [2.75, 3.05) is 12.4 Å². The molecule has 6 heteroatoms. The summed E-state index contributed by atoms with van der Waals surface area (Å²) in [6, 6.07) is 11.2. The van der Waals surface area contributed by atoms with E-state index in [4.69, 9.17) is 21.1 Å². The van der Waals surface area contributed by atoms with Gasteiger partial charge in [0.2, 0.25) is 0 Å². The van der Waals surface area contributed by atoms with Crippen molar-refractivity contribution in [3.8, 4) is 11.5 Å². The number of carbonyl (C=O) groups is 2. The molecule has 0 spiro atoms. The lowest BCUT2D eigenvalue weighted by molar-refractivity contribution is -0.134. The molecule has 0 atom stereocenters. The first-order valence-electron chi connectivity index (χ1n) is 6.99. The van der Waals surface area contributed by atoms with Crippen LogP contribution in [0.25, 0.3) is 0 Å². The van der Waals surface area contributed by atoms with Gasteiger partial charge in [0.05, 0.1) is 12.8 Å². The average molecular weight is 334 g/mol. The summed E-state index contributed by atoms with van der Waals surface area (Å²) in [5.41, 5.74) is 0.898. The third kappa shape index (κ3) is 4.47. The highest BCUT2D eigenvalue weighted by atomic mass is 35.5. The van der Waals surface area contributed by atoms with Crippen LogP contribution >= 0.6 is 11.6 Å². The van der Waals surface area contributed by atoms with Crippen molar-refractivity contribution in [2.45, 2.75) is 13.3 Å². The van der Waals surface area contributed by atoms with Crippen molar-refractivity contribution in [3.63, 3.8) is 0 Å². The van der Waals surface area contributed by atoms with Gasteiger partial charge in [-0.25, -0.2) is 0 Å². The summed E-state index contributed by atoms with van der Waals surface area (Å²) < 4.78 is 10.2. The number of benzene rings is 2. The summed E-state index contributed by atoms with van der Waals surface area (Å²) in [5.74, 6) is 0.259. The number of carbonyl (C=O) groups excluding carboxylic acids is 2. The van der Waals surface area contributed by atoms with Crippen molar-refractivity contribution >= 4 is 29.2 Å². The minimum atomic E-state index is -0.328. The summed E-state index contributed by atoms with van der Waals surface area (Å²) >= 11 is 5.93. The molecular weight excluding hydrogens is 318 g/mol. The van der Waals surface area contributed by atoms with E-state index >= 15 is 0 Å². The molecule has 0 saturated heterocycles. The van der Waals surface area contributed by atoms with Crippen LogP contribution < -0.4 is 14.8 Å². The predicted octanol–water partition coefficient (Wildman–Crippen LogP) is 3.92. The van der Waals surface area contributed by atoms with Crippen LogP contribution in [-0.4, -0.2) is 19.0 Å². The van der Waals surface area contributed by atoms with Crippen LogP contribution in [0, 0.1) is 0 Å². The first kappa shape index (κ1) is 16.8. The van der Waals surface area contributed by atoms with E-state index in [0.29, 0.717) is 27.8 Å². The molecule has 0 fully saturated rings. The highest BCUT2D eigenvalue weighted by Crippen LogP contribution is 2.28. The zero-order valence-corrected chi connectivity index (χ0v) is 13.5. The van der Waals surface area contributed by atoms with Crippen LogP contribution in [0.4, 0.5) is 5.69 Å². The molecule has 0 aliphatic heterocycles. The largest absolute Gasteiger partial charge is 0.495 e. The summed E-state index contributed by atoms with van der Waals surface area (Å²) in [7, 11) is 1.51. The first-order chi connectivity index (χ1) is 11.0. The molecule has 1 amide bonds. The lowest BCUT2D eigenvalue weighted by atomic mass is 10.2. The molecule has 0 radical (unpaired) electrons. The zero-order chi connectivity index (χ0) is 16.8. The lowest BCUT2D eigenvalue weighted by Crippen LogP contribution is -2.13. The molecule has 0 aromatic heterocycles. The topological polar surface area (TPSA) is 64.6 Å². The highest BCUT2D eigenvalue weighted by molar-refractivity contribution is 6.31. The Kier molecular flexibility index (Phi) is 5.60. The third-order valence-corrected chi connectivity index (χ3v) is 3.28. The molecule has 23 heavy (non-hydrogen) atoms. The fourth-order valence-electron chi connectivity index (χ4n) is 1.85. The Morgan fingerprint density at radius 1 is 1.13 bits per heavy atom. The van der Waals surface area contributed by atoms with E-state index < -0.39 is 0 Å². The van der Waals surface area contributed by atoms with E-state index in [-0.39, 0.29) is 18.3 Å². The number of rotatable bonds is 5. The minimum absolute atomic E-state index is 0.288. The number of nitrogens with one attached hydrogen (secondary N) is 1. The van der Waals surface area contributed by atoms with Gasteiger partial charge in [-0.3, -0.25) is 9.59 Å². The minimum Gasteiger partial charge on any atom is -0.495 e. The predicted molar refractivity (Wildman–Crippen MR) is 88.3 cm³/mol. The van der Waals surface area contributed by atoms with Crippen molar-refractivity contribution in [1.29, 1.82) is 0 Å². The fraction of sp³-hybridized carbons (Fsp3) is 0.176. The molecule has 2 aromatic carbocycles. The maximum absolute atomic E-state index is 12.3. The fourth-order valence-corrected chi connectivity index (χ4v) is 2.02. The summed E-state index contributed by atoms with van der Waals surface area (Å²) in [6.45, 7) is 1.71. The Hall–Kier alpha value is -2.53. The molecule has 1 N–H and O–H groups in total. The van der Waals surface area contributed by atoms with Gasteiger partial charge in [0.1, 0.15) is 11.5 Å². The monoisotopic (exact) mass is 333 g/mol. The molecule has 0 bridgehead atoms. The molecule has 0 heterocycles. The number of methoxy groups -OCH3 is 1. The summed E-state index contributed by atoms with van der Waals surface area (Å²) in [5, 5.41) is 3.22. The SMILES string of the molecule is CCC(=O)Oc1ccc(C(=O)Nc2cc(Cl)ccc2OC)cc1. The van der Waals surface area contributed by atoms with Crippen LogP contribution in [0.2, 0.25) is 5.02 Å². The Balaban J connectivity index is 2.12. The number of halogens is 1. The molecule has 0 unspecified atom stereocenters. The molecule has 0 aliphatic carbocycles. The number of anilines is 1. The molecule has 2 aromatic rings. The van der Waals surface area contributed by atoms with Gasteiger partial charge >= 0.3 is 5.97 Å². The number of hydrogen-bond donors (Lipinski definition) is 1. The van der Waals surface area contributed by atoms with Gasteiger partial charge in [-0.1, -0.05) is 18.5 Å². The van der Waals surface area contributed by atoms with E-state index in [2.05, 4.69) is 5.32 Å². The van der Waals surface area contributed by atoms with Gasteiger partial charge in [-0.05, 0) is 42.5 Å². The van der Waals surface area contributed by atoms with E-state index in [9.17, 15) is 9.59 Å². The van der Waals surface area contributed by atoms with Crippen molar-refractivity contribution in [3.05, 3.63) is 53.1 Å². The number of esters is 1. The van der Waals surface area contributed by atoms with Crippen LogP contribution in [0.1, 0.15) is 23.7 Å². The molecule has 0 aliphatic rings. The van der Waals surface area contributed by atoms with Crippen molar-refractivity contribution in [2.24, 2.45) is 0 Å². The maximum atomic E-state index is 12.3. The van der Waals surface area contributed by atoms with E-state index in [1.165, 1.54) is 7.11 Å². The first-order valence-corrected chi connectivity index (χ1v) is 7.37. The third-order valence-electron chi connectivity index (χ3n) is 3.05. The second-order valence-electron chi connectivity index (χ2n) is 4.65. The van der Waals surface area contributed by atoms with Gasteiger partial charge in [0, 0.05) is 17.0 Å². The van der Waals surface area contributed by atoms with E-state index in [1.807, 2.05) is 0 Å². The van der Waals surface area contributed by atoms with Crippen LogP contribution in [0.15, 0.2) is 42.5 Å². The normalized spacial score (nSPS) is 10.0. The lowest BCUT2D eigenvalue weighted by Gasteiger charge is -2.11. The van der Waals surface area contributed by atoms with Gasteiger partial charge in [-0.2, -0.15) is 0 Å². The van der Waals surface area contributed by atoms with Crippen LogP contribution in [0.5, 0.6) is 11.5 Å². The number of amides is 1. The maximum Gasteiger partial charge on any atom is 0.310 e. The smallest absolute Gasteiger partial charge is 0.310 e. The Bertz CT molecular complexity index is 713. The van der Waals surface area contributed by atoms with Crippen LogP contribution in [0.3, 0.4) is 0 Å². The van der Waals surface area contributed by atoms with E-state index in [1.54, 1.807) is 49.4 Å². The van der Waals surface area contributed by atoms with Gasteiger partial charge in [-0.15, -0.1) is 0 Å². The van der Waals surface area contributed by atoms with Crippen molar-refractivity contribution in [1.82, 2.24) is 0 Å². The zero-order valence-electron chi connectivity index (χ0n) is 12.8.